The lowest BCUT2D eigenvalue weighted by Gasteiger charge is -2.28. The number of nitrogens with zero attached hydrogens (tertiary/aromatic N) is 2. The molecule has 1 unspecified atom stereocenters. The highest BCUT2D eigenvalue weighted by atomic mass is 16.2. The smallest absolute Gasteiger partial charge is 0.0743 e. The van der Waals surface area contributed by atoms with Gasteiger partial charge < -0.3 is 15.7 Å². The summed E-state index contributed by atoms with van der Waals surface area (Å²) in [5.41, 5.74) is 8.79. The molecule has 3 N–H and O–H groups in total. The van der Waals surface area contributed by atoms with Crippen LogP contribution in [-0.2, 0) is 0 Å². The van der Waals surface area contributed by atoms with Crippen molar-refractivity contribution in [1.82, 2.24) is 4.98 Å². The SMILES string of the molecule is Nc1ccc2c(N3CCCC3CCCO)ccnc2c1. The molecule has 1 saturated heterocycles. The molecule has 1 aliphatic rings. The average Bonchev–Trinajstić information content (AvgIpc) is 2.92. The monoisotopic (exact) mass is 271 g/mol. The summed E-state index contributed by atoms with van der Waals surface area (Å²) in [5, 5.41) is 10.2. The van der Waals surface area contributed by atoms with Crippen LogP contribution in [0.5, 0.6) is 0 Å². The second kappa shape index (κ2) is 5.67. The minimum atomic E-state index is 0.276. The number of aliphatic hydroxyl groups is 1. The standard InChI is InChI=1S/C16H21N3O/c17-12-5-6-14-15(11-12)18-8-7-16(14)19-9-1-3-13(19)4-2-10-20/h5-8,11,13,20H,1-4,9-10,17H2. The molecule has 2 heterocycles. The van der Waals surface area contributed by atoms with Gasteiger partial charge in [0.25, 0.3) is 0 Å². The Kier molecular flexibility index (Phi) is 3.74. The summed E-state index contributed by atoms with van der Waals surface area (Å²) in [5.74, 6) is 0. The summed E-state index contributed by atoms with van der Waals surface area (Å²) in [6.45, 7) is 1.36. The van der Waals surface area contributed by atoms with Crippen molar-refractivity contribution in [3.05, 3.63) is 30.5 Å². The fourth-order valence-corrected chi connectivity index (χ4v) is 3.18. The topological polar surface area (TPSA) is 62.4 Å². The van der Waals surface area contributed by atoms with Crippen LogP contribution in [0.25, 0.3) is 10.9 Å². The molecule has 20 heavy (non-hydrogen) atoms. The van der Waals surface area contributed by atoms with E-state index in [2.05, 4.69) is 22.0 Å². The summed E-state index contributed by atoms with van der Waals surface area (Å²) in [4.78, 5) is 6.88. The van der Waals surface area contributed by atoms with Gasteiger partial charge in [0.05, 0.1) is 5.52 Å². The summed E-state index contributed by atoms with van der Waals surface area (Å²) in [6, 6.07) is 8.55. The first-order chi connectivity index (χ1) is 9.79. The van der Waals surface area contributed by atoms with Gasteiger partial charge in [-0.3, -0.25) is 4.98 Å². The number of nitrogens with two attached hydrogens (primary N) is 1. The van der Waals surface area contributed by atoms with E-state index in [1.165, 1.54) is 18.5 Å². The lowest BCUT2D eigenvalue weighted by Crippen LogP contribution is -2.29. The number of nitrogen functional groups attached to an aromatic ring is 1. The van der Waals surface area contributed by atoms with Crippen LogP contribution in [-0.4, -0.2) is 29.3 Å². The van der Waals surface area contributed by atoms with E-state index in [0.717, 1.165) is 36.0 Å². The van der Waals surface area contributed by atoms with Crippen LogP contribution >= 0.6 is 0 Å². The molecular formula is C16H21N3O. The van der Waals surface area contributed by atoms with E-state index in [0.29, 0.717) is 6.04 Å². The zero-order valence-corrected chi connectivity index (χ0v) is 11.6. The normalized spacial score (nSPS) is 18.9. The van der Waals surface area contributed by atoms with E-state index < -0.39 is 0 Å². The Labute approximate surface area is 119 Å². The van der Waals surface area contributed by atoms with Gasteiger partial charge in [0.2, 0.25) is 0 Å². The van der Waals surface area contributed by atoms with E-state index in [4.69, 9.17) is 10.8 Å². The van der Waals surface area contributed by atoms with Crippen molar-refractivity contribution in [2.24, 2.45) is 0 Å². The lowest BCUT2D eigenvalue weighted by molar-refractivity contribution is 0.279. The van der Waals surface area contributed by atoms with E-state index in [-0.39, 0.29) is 6.61 Å². The molecule has 0 amide bonds. The number of hydrogen-bond acceptors (Lipinski definition) is 4. The van der Waals surface area contributed by atoms with E-state index in [9.17, 15) is 0 Å². The maximum absolute atomic E-state index is 9.04. The molecule has 4 heteroatoms. The minimum Gasteiger partial charge on any atom is -0.399 e. The van der Waals surface area contributed by atoms with E-state index in [1.54, 1.807) is 0 Å². The molecule has 4 nitrogen and oxygen atoms in total. The van der Waals surface area contributed by atoms with Crippen LogP contribution in [0.2, 0.25) is 0 Å². The number of anilines is 2. The quantitative estimate of drug-likeness (QED) is 0.839. The zero-order chi connectivity index (χ0) is 13.9. The van der Waals surface area contributed by atoms with Crippen LogP contribution in [0.15, 0.2) is 30.5 Å². The lowest BCUT2D eigenvalue weighted by atomic mass is 10.1. The first kappa shape index (κ1) is 13.2. The van der Waals surface area contributed by atoms with Crippen molar-refractivity contribution in [2.45, 2.75) is 31.7 Å². The Morgan fingerprint density at radius 2 is 2.25 bits per heavy atom. The van der Waals surface area contributed by atoms with Crippen molar-refractivity contribution in [1.29, 1.82) is 0 Å². The Morgan fingerprint density at radius 3 is 3.10 bits per heavy atom. The molecule has 3 rings (SSSR count). The number of pyridine rings is 1. The molecule has 1 aromatic heterocycles. The van der Waals surface area contributed by atoms with Gasteiger partial charge in [0.1, 0.15) is 0 Å². The molecule has 1 atom stereocenters. The summed E-state index contributed by atoms with van der Waals surface area (Å²) >= 11 is 0. The molecule has 0 saturated carbocycles. The average molecular weight is 271 g/mol. The van der Waals surface area contributed by atoms with Gasteiger partial charge in [0, 0.05) is 42.2 Å². The van der Waals surface area contributed by atoms with Gasteiger partial charge in [-0.05, 0) is 49.9 Å². The Morgan fingerprint density at radius 1 is 1.35 bits per heavy atom. The molecule has 0 bridgehead atoms. The minimum absolute atomic E-state index is 0.276. The third-order valence-corrected chi connectivity index (χ3v) is 4.13. The van der Waals surface area contributed by atoms with Crippen molar-refractivity contribution in [3.63, 3.8) is 0 Å². The zero-order valence-electron chi connectivity index (χ0n) is 11.6. The Hall–Kier alpha value is -1.81. The van der Waals surface area contributed by atoms with Gasteiger partial charge in [-0.15, -0.1) is 0 Å². The molecule has 1 aromatic carbocycles. The highest BCUT2D eigenvalue weighted by Crippen LogP contribution is 2.33. The number of benzene rings is 1. The fourth-order valence-electron chi connectivity index (χ4n) is 3.18. The maximum atomic E-state index is 9.04. The van der Waals surface area contributed by atoms with Crippen LogP contribution in [0, 0.1) is 0 Å². The second-order valence-electron chi connectivity index (χ2n) is 5.46. The van der Waals surface area contributed by atoms with E-state index >= 15 is 0 Å². The van der Waals surface area contributed by atoms with Crippen LogP contribution in [0.4, 0.5) is 11.4 Å². The largest absolute Gasteiger partial charge is 0.399 e. The number of fused-ring (bicyclic) bond motifs is 1. The molecule has 0 radical (unpaired) electrons. The number of aromatic nitrogens is 1. The maximum Gasteiger partial charge on any atom is 0.0743 e. The predicted molar refractivity (Wildman–Crippen MR) is 82.8 cm³/mol. The number of hydrogen-bond donors (Lipinski definition) is 2. The van der Waals surface area contributed by atoms with Gasteiger partial charge in [0.15, 0.2) is 0 Å². The number of aliphatic hydroxyl groups excluding tert-OH is 1. The van der Waals surface area contributed by atoms with Crippen molar-refractivity contribution < 1.29 is 5.11 Å². The van der Waals surface area contributed by atoms with Crippen molar-refractivity contribution in [2.75, 3.05) is 23.8 Å². The molecule has 1 aliphatic heterocycles. The summed E-state index contributed by atoms with van der Waals surface area (Å²) < 4.78 is 0. The predicted octanol–water partition coefficient (Wildman–Crippen LogP) is 2.56. The first-order valence-electron chi connectivity index (χ1n) is 7.31. The van der Waals surface area contributed by atoms with Gasteiger partial charge in [-0.2, -0.15) is 0 Å². The summed E-state index contributed by atoms with van der Waals surface area (Å²) in [6.07, 6.45) is 6.21. The first-order valence-corrected chi connectivity index (χ1v) is 7.31. The van der Waals surface area contributed by atoms with E-state index in [1.807, 2.05) is 18.3 Å². The van der Waals surface area contributed by atoms with Crippen molar-refractivity contribution in [3.8, 4) is 0 Å². The van der Waals surface area contributed by atoms with Crippen LogP contribution < -0.4 is 10.6 Å². The van der Waals surface area contributed by atoms with Crippen molar-refractivity contribution >= 4 is 22.3 Å². The summed E-state index contributed by atoms with van der Waals surface area (Å²) in [7, 11) is 0. The second-order valence-corrected chi connectivity index (χ2v) is 5.46. The highest BCUT2D eigenvalue weighted by Gasteiger charge is 2.25. The molecule has 0 aliphatic carbocycles. The Bertz CT molecular complexity index is 599. The Balaban J connectivity index is 1.96. The van der Waals surface area contributed by atoms with Crippen LogP contribution in [0.1, 0.15) is 25.7 Å². The van der Waals surface area contributed by atoms with Crippen LogP contribution in [0.3, 0.4) is 0 Å². The molecule has 2 aromatic rings. The van der Waals surface area contributed by atoms with Gasteiger partial charge in [-0.1, -0.05) is 0 Å². The molecular weight excluding hydrogens is 250 g/mol. The molecule has 106 valence electrons. The van der Waals surface area contributed by atoms with Gasteiger partial charge >= 0.3 is 0 Å². The third kappa shape index (κ3) is 2.43. The third-order valence-electron chi connectivity index (χ3n) is 4.13. The molecule has 1 fully saturated rings. The highest BCUT2D eigenvalue weighted by molar-refractivity contribution is 5.93. The van der Waals surface area contributed by atoms with Gasteiger partial charge in [-0.25, -0.2) is 0 Å². The number of rotatable bonds is 4. The fraction of sp³-hybridized carbons (Fsp3) is 0.438. The molecule has 0 spiro atoms.